The Morgan fingerprint density at radius 2 is 1.21 bits per heavy atom. The summed E-state index contributed by atoms with van der Waals surface area (Å²) in [5, 5.41) is 19.1. The fraction of sp³-hybridized carbons (Fsp3) is 0.0500. The first kappa shape index (κ1) is 15.6. The van der Waals surface area contributed by atoms with Crippen LogP contribution in [0.4, 0.5) is 0 Å². The van der Waals surface area contributed by atoms with Crippen LogP contribution in [0.25, 0.3) is 0 Å². The number of carbonyl (C=O) groups is 1. The predicted octanol–water partition coefficient (Wildman–Crippen LogP) is 3.38. The number of carbonyl (C=O) groups excluding carboxylic acids is 1. The van der Waals surface area contributed by atoms with Gasteiger partial charge in [0.1, 0.15) is 11.5 Å². The number of rotatable bonds is 4. The Bertz CT molecular complexity index is 809. The van der Waals surface area contributed by atoms with Crippen LogP contribution in [0.15, 0.2) is 72.8 Å². The molecule has 1 amide bonds. The summed E-state index contributed by atoms with van der Waals surface area (Å²) in [5.41, 5.74) is 8.58. The van der Waals surface area contributed by atoms with Crippen LogP contribution >= 0.6 is 0 Å². The summed E-state index contributed by atoms with van der Waals surface area (Å²) in [5.74, 6) is -0.388. The van der Waals surface area contributed by atoms with E-state index >= 15 is 0 Å². The maximum Gasteiger partial charge on any atom is 0.249 e. The SMILES string of the molecule is NC(=O)c1ccccc1C(c1ccc(O)cc1)c1ccc(O)cc1. The summed E-state index contributed by atoms with van der Waals surface area (Å²) in [6.45, 7) is 0. The molecule has 4 nitrogen and oxygen atoms in total. The average Bonchev–Trinajstić information content (AvgIpc) is 2.59. The fourth-order valence-electron chi connectivity index (χ4n) is 2.86. The van der Waals surface area contributed by atoms with Crippen LogP contribution in [0.2, 0.25) is 0 Å². The number of primary amides is 1. The molecule has 3 aromatic rings. The third-order valence-corrected chi connectivity index (χ3v) is 3.99. The molecule has 0 saturated carbocycles. The Morgan fingerprint density at radius 1 is 0.750 bits per heavy atom. The number of nitrogens with two attached hydrogens (primary N) is 1. The van der Waals surface area contributed by atoms with Gasteiger partial charge < -0.3 is 15.9 Å². The topological polar surface area (TPSA) is 83.6 Å². The van der Waals surface area contributed by atoms with Crippen LogP contribution in [0, 0.1) is 0 Å². The second kappa shape index (κ2) is 6.46. The third kappa shape index (κ3) is 3.08. The minimum absolute atomic E-state index is 0.173. The highest BCUT2D eigenvalue weighted by Crippen LogP contribution is 2.35. The number of phenols is 2. The third-order valence-electron chi connectivity index (χ3n) is 3.99. The van der Waals surface area contributed by atoms with Crippen LogP contribution in [0.5, 0.6) is 11.5 Å². The molecule has 4 N–H and O–H groups in total. The van der Waals surface area contributed by atoms with E-state index in [9.17, 15) is 15.0 Å². The molecule has 0 radical (unpaired) electrons. The molecule has 0 heterocycles. The fourth-order valence-corrected chi connectivity index (χ4v) is 2.86. The van der Waals surface area contributed by atoms with Crippen molar-refractivity contribution < 1.29 is 15.0 Å². The van der Waals surface area contributed by atoms with Crippen molar-refractivity contribution >= 4 is 5.91 Å². The summed E-state index contributed by atoms with van der Waals surface area (Å²) in [7, 11) is 0. The summed E-state index contributed by atoms with van der Waals surface area (Å²) >= 11 is 0. The molecule has 0 aromatic heterocycles. The van der Waals surface area contributed by atoms with Gasteiger partial charge in [0.15, 0.2) is 0 Å². The minimum Gasteiger partial charge on any atom is -0.508 e. The molecule has 24 heavy (non-hydrogen) atoms. The lowest BCUT2D eigenvalue weighted by molar-refractivity contribution is 0.0999. The van der Waals surface area contributed by atoms with Crippen LogP contribution in [-0.2, 0) is 0 Å². The number of hydrogen-bond donors (Lipinski definition) is 3. The maximum absolute atomic E-state index is 11.8. The van der Waals surface area contributed by atoms with Gasteiger partial charge in [0.25, 0.3) is 0 Å². The summed E-state index contributed by atoms with van der Waals surface area (Å²) in [6.07, 6.45) is 0. The number of phenolic OH excluding ortho intramolecular Hbond substituents is 2. The molecule has 0 bridgehead atoms. The van der Waals surface area contributed by atoms with E-state index in [0.717, 1.165) is 16.7 Å². The second-order valence-electron chi connectivity index (χ2n) is 5.57. The van der Waals surface area contributed by atoms with Gasteiger partial charge in [-0.1, -0.05) is 42.5 Å². The molecule has 0 saturated heterocycles. The largest absolute Gasteiger partial charge is 0.508 e. The molecule has 120 valence electrons. The zero-order valence-electron chi connectivity index (χ0n) is 12.9. The normalized spacial score (nSPS) is 10.7. The highest BCUT2D eigenvalue weighted by molar-refractivity contribution is 5.94. The molecule has 0 aliphatic rings. The van der Waals surface area contributed by atoms with E-state index in [1.807, 2.05) is 36.4 Å². The molecule has 0 atom stereocenters. The van der Waals surface area contributed by atoms with Crippen LogP contribution < -0.4 is 5.73 Å². The number of benzene rings is 3. The smallest absolute Gasteiger partial charge is 0.249 e. The van der Waals surface area contributed by atoms with Crippen molar-refractivity contribution in [1.82, 2.24) is 0 Å². The maximum atomic E-state index is 11.8. The van der Waals surface area contributed by atoms with Gasteiger partial charge in [-0.2, -0.15) is 0 Å². The van der Waals surface area contributed by atoms with E-state index in [-0.39, 0.29) is 17.4 Å². The molecule has 3 aromatic carbocycles. The van der Waals surface area contributed by atoms with Crippen LogP contribution in [-0.4, -0.2) is 16.1 Å². The number of hydrogen-bond acceptors (Lipinski definition) is 3. The summed E-state index contributed by atoms with van der Waals surface area (Å²) in [4.78, 5) is 11.8. The predicted molar refractivity (Wildman–Crippen MR) is 92.1 cm³/mol. The van der Waals surface area contributed by atoms with E-state index in [4.69, 9.17) is 5.73 Å². The van der Waals surface area contributed by atoms with Gasteiger partial charge >= 0.3 is 0 Å². The molecule has 4 heteroatoms. The van der Waals surface area contributed by atoms with Crippen molar-refractivity contribution in [3.05, 3.63) is 95.1 Å². The summed E-state index contributed by atoms with van der Waals surface area (Å²) < 4.78 is 0. The van der Waals surface area contributed by atoms with Crippen molar-refractivity contribution in [2.24, 2.45) is 5.73 Å². The van der Waals surface area contributed by atoms with Crippen molar-refractivity contribution in [2.45, 2.75) is 5.92 Å². The van der Waals surface area contributed by atoms with Gasteiger partial charge in [0, 0.05) is 11.5 Å². The lowest BCUT2D eigenvalue weighted by Crippen LogP contribution is -2.16. The van der Waals surface area contributed by atoms with E-state index in [0.29, 0.717) is 5.56 Å². The van der Waals surface area contributed by atoms with E-state index in [1.165, 1.54) is 0 Å². The second-order valence-corrected chi connectivity index (χ2v) is 5.57. The molecular formula is C20H17NO3. The molecular weight excluding hydrogens is 302 g/mol. The molecule has 0 spiro atoms. The van der Waals surface area contributed by atoms with Gasteiger partial charge in [-0.15, -0.1) is 0 Å². The lowest BCUT2D eigenvalue weighted by Gasteiger charge is -2.21. The van der Waals surface area contributed by atoms with Crippen molar-refractivity contribution in [3.63, 3.8) is 0 Å². The molecule has 0 unspecified atom stereocenters. The minimum atomic E-state index is -0.492. The van der Waals surface area contributed by atoms with E-state index < -0.39 is 5.91 Å². The van der Waals surface area contributed by atoms with Gasteiger partial charge in [0.05, 0.1) is 0 Å². The number of amides is 1. The highest BCUT2D eigenvalue weighted by atomic mass is 16.3. The molecule has 3 rings (SSSR count). The first-order valence-electron chi connectivity index (χ1n) is 7.53. The summed E-state index contributed by atoms with van der Waals surface area (Å²) in [6, 6.07) is 20.9. The average molecular weight is 319 g/mol. The zero-order chi connectivity index (χ0) is 17.1. The van der Waals surface area contributed by atoms with Crippen molar-refractivity contribution in [2.75, 3.05) is 0 Å². The van der Waals surface area contributed by atoms with E-state index in [2.05, 4.69) is 0 Å². The van der Waals surface area contributed by atoms with E-state index in [1.54, 1.807) is 36.4 Å². The van der Waals surface area contributed by atoms with Crippen molar-refractivity contribution in [3.8, 4) is 11.5 Å². The Balaban J connectivity index is 2.21. The first-order valence-corrected chi connectivity index (χ1v) is 7.53. The Morgan fingerprint density at radius 3 is 1.67 bits per heavy atom. The molecule has 0 aliphatic heterocycles. The van der Waals surface area contributed by atoms with Gasteiger partial charge in [-0.25, -0.2) is 0 Å². The lowest BCUT2D eigenvalue weighted by atomic mass is 9.82. The van der Waals surface area contributed by atoms with Crippen LogP contribution in [0.3, 0.4) is 0 Å². The molecule has 0 fully saturated rings. The number of aromatic hydroxyl groups is 2. The van der Waals surface area contributed by atoms with Gasteiger partial charge in [-0.05, 0) is 47.0 Å². The van der Waals surface area contributed by atoms with Gasteiger partial charge in [0.2, 0.25) is 5.91 Å². The standard InChI is InChI=1S/C20H17NO3/c21-20(24)18-4-2-1-3-17(18)19(13-5-9-15(22)10-6-13)14-7-11-16(23)12-8-14/h1-12,19,22-23H,(H2,21,24). The Hall–Kier alpha value is -3.27. The Kier molecular flexibility index (Phi) is 4.20. The zero-order valence-corrected chi connectivity index (χ0v) is 12.9. The quantitative estimate of drug-likeness (QED) is 0.645. The highest BCUT2D eigenvalue weighted by Gasteiger charge is 2.21. The van der Waals surface area contributed by atoms with Crippen molar-refractivity contribution in [1.29, 1.82) is 0 Å². The monoisotopic (exact) mass is 319 g/mol. The van der Waals surface area contributed by atoms with Crippen LogP contribution in [0.1, 0.15) is 33.0 Å². The van der Waals surface area contributed by atoms with Gasteiger partial charge in [-0.3, -0.25) is 4.79 Å². The molecule has 0 aliphatic carbocycles. The Labute approximate surface area is 139 Å². The first-order chi connectivity index (χ1) is 11.6.